The highest BCUT2D eigenvalue weighted by molar-refractivity contribution is 7.17. The van der Waals surface area contributed by atoms with E-state index in [1.54, 1.807) is 43.3 Å². The fraction of sp³-hybridized carbons (Fsp3) is 0.333. The van der Waals surface area contributed by atoms with Crippen LogP contribution in [0.15, 0.2) is 54.6 Å². The number of ketones is 1. The normalized spacial score (nSPS) is 16.9. The van der Waals surface area contributed by atoms with Gasteiger partial charge in [0.1, 0.15) is 30.5 Å². The summed E-state index contributed by atoms with van der Waals surface area (Å²) in [5.74, 6) is -1.04. The Labute approximate surface area is 264 Å². The first-order valence-corrected chi connectivity index (χ1v) is 15.5. The summed E-state index contributed by atoms with van der Waals surface area (Å²) in [4.78, 5) is 46.1. The maximum atomic E-state index is 13.8. The van der Waals surface area contributed by atoms with Crippen molar-refractivity contribution in [3.63, 3.8) is 0 Å². The van der Waals surface area contributed by atoms with Crippen LogP contribution in [0.5, 0.6) is 23.0 Å². The number of hydrogen-bond donors (Lipinski definition) is 1. The van der Waals surface area contributed by atoms with E-state index in [1.807, 2.05) is 6.92 Å². The van der Waals surface area contributed by atoms with Crippen LogP contribution in [0.25, 0.3) is 5.76 Å². The number of carbonyl (C=O) groups is 3. The summed E-state index contributed by atoms with van der Waals surface area (Å²) >= 11 is 0.915. The molecular formula is C33H34N2O9S. The Hall–Kier alpha value is -4.84. The molecule has 2 aliphatic heterocycles. The lowest BCUT2D eigenvalue weighted by molar-refractivity contribution is -0.132. The number of fused-ring (bicyclic) bond motifs is 1. The number of benzene rings is 2. The fourth-order valence-corrected chi connectivity index (χ4v) is 5.96. The standard InChI is InChI=1S/C33H34N2O9S/c1-5-8-14-41-22-11-9-20(17-24(22)40-7-3)27-26(28(36)21-10-12-23-25(18-21)43-16-15-42-23)29(37)31(38)35(27)33-34-19(4)30(45-33)32(39)44-13-6-2/h6,9-12,17-18,27,36H,2,5,7-8,13-16H2,1,3-4H3/t27-/m1/s1. The highest BCUT2D eigenvalue weighted by Gasteiger charge is 2.49. The van der Waals surface area contributed by atoms with Gasteiger partial charge in [0.2, 0.25) is 0 Å². The van der Waals surface area contributed by atoms with Crippen LogP contribution in [0, 0.1) is 6.92 Å². The first-order chi connectivity index (χ1) is 21.8. The third-order valence-electron chi connectivity index (χ3n) is 7.11. The molecule has 1 amide bonds. The molecule has 1 atom stereocenters. The lowest BCUT2D eigenvalue weighted by Gasteiger charge is -2.24. The number of aliphatic hydroxyl groups excluding tert-OH is 1. The molecule has 3 heterocycles. The third-order valence-corrected chi connectivity index (χ3v) is 8.24. The molecule has 3 aromatic rings. The lowest BCUT2D eigenvalue weighted by Crippen LogP contribution is -2.29. The molecule has 1 saturated heterocycles. The SMILES string of the molecule is C=CCOC(=O)c1sc(N2C(=O)C(=O)C(=C(O)c3ccc4c(c3)OCCO4)[C@H]2c2ccc(OCCCC)c(OCC)c2)nc1C. The molecule has 5 rings (SSSR count). The molecule has 0 saturated carbocycles. The second-order valence-electron chi connectivity index (χ2n) is 10.2. The average molecular weight is 635 g/mol. The van der Waals surface area contributed by atoms with Crippen molar-refractivity contribution in [3.05, 3.63) is 76.3 Å². The Kier molecular flexibility index (Phi) is 9.72. The quantitative estimate of drug-likeness (QED) is 0.0654. The molecule has 1 N–H and O–H groups in total. The van der Waals surface area contributed by atoms with E-state index in [0.29, 0.717) is 60.7 Å². The van der Waals surface area contributed by atoms with Crippen LogP contribution in [0.4, 0.5) is 5.13 Å². The van der Waals surface area contributed by atoms with Gasteiger partial charge in [-0.15, -0.1) is 0 Å². The highest BCUT2D eigenvalue weighted by atomic mass is 32.1. The zero-order chi connectivity index (χ0) is 32.1. The Morgan fingerprint density at radius 2 is 1.89 bits per heavy atom. The Bertz CT molecular complexity index is 1660. The van der Waals surface area contributed by atoms with Crippen molar-refractivity contribution in [2.45, 2.75) is 39.7 Å². The number of carbonyl (C=O) groups excluding carboxylic acids is 3. The van der Waals surface area contributed by atoms with Crippen LogP contribution in [-0.2, 0) is 14.3 Å². The van der Waals surface area contributed by atoms with Crippen molar-refractivity contribution in [1.82, 2.24) is 4.98 Å². The van der Waals surface area contributed by atoms with Gasteiger partial charge in [-0.05, 0) is 56.2 Å². The average Bonchev–Trinajstić information content (AvgIpc) is 3.56. The molecule has 0 unspecified atom stereocenters. The van der Waals surface area contributed by atoms with E-state index in [2.05, 4.69) is 18.5 Å². The van der Waals surface area contributed by atoms with E-state index in [0.717, 1.165) is 24.2 Å². The van der Waals surface area contributed by atoms with Gasteiger partial charge in [-0.2, -0.15) is 0 Å². The minimum absolute atomic E-state index is 0.00155. The van der Waals surface area contributed by atoms with E-state index in [4.69, 9.17) is 23.7 Å². The van der Waals surface area contributed by atoms with Crippen LogP contribution in [0.3, 0.4) is 0 Å². The number of thiazole rings is 1. The maximum absolute atomic E-state index is 13.8. The van der Waals surface area contributed by atoms with Gasteiger partial charge in [0, 0.05) is 5.56 Å². The zero-order valence-electron chi connectivity index (χ0n) is 25.3. The summed E-state index contributed by atoms with van der Waals surface area (Å²) in [6.07, 6.45) is 3.24. The fourth-order valence-electron chi connectivity index (χ4n) is 4.97. The summed E-state index contributed by atoms with van der Waals surface area (Å²) in [5.41, 5.74) is 0.882. The Balaban J connectivity index is 1.66. The van der Waals surface area contributed by atoms with Gasteiger partial charge >= 0.3 is 11.9 Å². The van der Waals surface area contributed by atoms with Gasteiger partial charge in [0.15, 0.2) is 28.1 Å². The summed E-state index contributed by atoms with van der Waals surface area (Å²) in [5, 5.41) is 11.7. The van der Waals surface area contributed by atoms with Gasteiger partial charge in [-0.1, -0.05) is 43.4 Å². The van der Waals surface area contributed by atoms with Crippen molar-refractivity contribution >= 4 is 39.9 Å². The lowest BCUT2D eigenvalue weighted by atomic mass is 9.95. The topological polar surface area (TPSA) is 134 Å². The number of amides is 1. The second-order valence-corrected chi connectivity index (χ2v) is 11.1. The smallest absolute Gasteiger partial charge is 0.350 e. The zero-order valence-corrected chi connectivity index (χ0v) is 26.1. The van der Waals surface area contributed by atoms with E-state index >= 15 is 0 Å². The number of aliphatic hydroxyl groups is 1. The number of aryl methyl sites for hydroxylation is 1. The van der Waals surface area contributed by atoms with Gasteiger partial charge in [-0.3, -0.25) is 14.5 Å². The first kappa shape index (κ1) is 31.6. The number of anilines is 1. The molecule has 0 aliphatic carbocycles. The van der Waals surface area contributed by atoms with Gasteiger partial charge in [0.25, 0.3) is 5.78 Å². The Morgan fingerprint density at radius 1 is 1.11 bits per heavy atom. The largest absolute Gasteiger partial charge is 0.507 e. The molecule has 12 heteroatoms. The van der Waals surface area contributed by atoms with Crippen LogP contribution in [0.2, 0.25) is 0 Å². The Morgan fingerprint density at radius 3 is 2.62 bits per heavy atom. The van der Waals surface area contributed by atoms with Crippen LogP contribution in [-0.4, -0.2) is 60.8 Å². The number of unbranched alkanes of at least 4 members (excludes halogenated alkanes) is 1. The number of esters is 1. The maximum Gasteiger partial charge on any atom is 0.350 e. The van der Waals surface area contributed by atoms with Crippen LogP contribution in [0.1, 0.15) is 59.2 Å². The minimum Gasteiger partial charge on any atom is -0.507 e. The monoisotopic (exact) mass is 634 g/mol. The molecule has 45 heavy (non-hydrogen) atoms. The van der Waals surface area contributed by atoms with Crippen molar-refractivity contribution < 1.29 is 43.2 Å². The number of aromatic nitrogens is 1. The van der Waals surface area contributed by atoms with Crippen molar-refractivity contribution in [2.75, 3.05) is 37.9 Å². The molecule has 11 nitrogen and oxygen atoms in total. The highest BCUT2D eigenvalue weighted by Crippen LogP contribution is 2.46. The second kappa shape index (κ2) is 13.9. The summed E-state index contributed by atoms with van der Waals surface area (Å²) in [7, 11) is 0. The molecule has 0 radical (unpaired) electrons. The van der Waals surface area contributed by atoms with E-state index in [9.17, 15) is 19.5 Å². The molecule has 1 fully saturated rings. The number of Topliss-reactive ketones (excluding diaryl/α,β-unsaturated/α-hetero) is 1. The number of rotatable bonds is 12. The number of nitrogens with zero attached hydrogens (tertiary/aromatic N) is 2. The molecule has 236 valence electrons. The number of hydrogen-bond acceptors (Lipinski definition) is 11. The predicted octanol–water partition coefficient (Wildman–Crippen LogP) is 5.77. The number of ether oxygens (including phenoxy) is 5. The molecule has 0 spiro atoms. The van der Waals surface area contributed by atoms with Crippen molar-refractivity contribution in [1.29, 1.82) is 0 Å². The van der Waals surface area contributed by atoms with E-state index in [-0.39, 0.29) is 27.8 Å². The van der Waals surface area contributed by atoms with Gasteiger partial charge < -0.3 is 28.8 Å². The molecule has 1 aromatic heterocycles. The molecular weight excluding hydrogens is 600 g/mol. The first-order valence-electron chi connectivity index (χ1n) is 14.6. The third kappa shape index (κ3) is 6.37. The molecule has 2 aromatic carbocycles. The molecule has 2 aliphatic rings. The van der Waals surface area contributed by atoms with Gasteiger partial charge in [-0.25, -0.2) is 9.78 Å². The van der Waals surface area contributed by atoms with Crippen LogP contribution >= 0.6 is 11.3 Å². The van der Waals surface area contributed by atoms with Crippen LogP contribution < -0.4 is 23.8 Å². The summed E-state index contributed by atoms with van der Waals surface area (Å²) in [6.45, 7) is 10.6. The van der Waals surface area contributed by atoms with Crippen molar-refractivity contribution in [2.24, 2.45) is 0 Å². The van der Waals surface area contributed by atoms with Crippen molar-refractivity contribution in [3.8, 4) is 23.0 Å². The molecule has 0 bridgehead atoms. The summed E-state index contributed by atoms with van der Waals surface area (Å²) < 4.78 is 28.3. The minimum atomic E-state index is -1.12. The summed E-state index contributed by atoms with van der Waals surface area (Å²) in [6, 6.07) is 8.78. The van der Waals surface area contributed by atoms with Gasteiger partial charge in [0.05, 0.1) is 30.5 Å². The predicted molar refractivity (Wildman–Crippen MR) is 168 cm³/mol. The van der Waals surface area contributed by atoms with E-state index < -0.39 is 29.5 Å². The van der Waals surface area contributed by atoms with E-state index in [1.165, 1.54) is 11.0 Å².